The average Bonchev–Trinajstić information content (AvgIpc) is 2.70. The van der Waals surface area contributed by atoms with Gasteiger partial charge in [-0.25, -0.2) is 0 Å². The molecule has 0 bridgehead atoms. The number of rotatable bonds is 6. The van der Waals surface area contributed by atoms with Crippen LogP contribution in [0.3, 0.4) is 0 Å². The number of anilines is 1. The normalized spacial score (nSPS) is 11.8. The molecule has 1 unspecified atom stereocenters. The highest BCUT2D eigenvalue weighted by Gasteiger charge is 2.10. The van der Waals surface area contributed by atoms with Gasteiger partial charge in [0.05, 0.1) is 11.7 Å². The van der Waals surface area contributed by atoms with Crippen LogP contribution in [0.5, 0.6) is 0 Å². The predicted molar refractivity (Wildman–Crippen MR) is 108 cm³/mol. The van der Waals surface area contributed by atoms with Crippen LogP contribution in [0.1, 0.15) is 30.6 Å². The van der Waals surface area contributed by atoms with Crippen molar-refractivity contribution in [3.05, 3.63) is 70.5 Å². The van der Waals surface area contributed by atoms with Gasteiger partial charge in [-0.15, -0.1) is 0 Å². The molecule has 0 fully saturated rings. The fourth-order valence-corrected chi connectivity index (χ4v) is 2.74. The zero-order valence-corrected chi connectivity index (χ0v) is 15.8. The van der Waals surface area contributed by atoms with E-state index < -0.39 is 0 Å². The van der Waals surface area contributed by atoms with Gasteiger partial charge in [0, 0.05) is 22.7 Å². The second-order valence-electron chi connectivity index (χ2n) is 6.59. The van der Waals surface area contributed by atoms with Crippen molar-refractivity contribution in [2.75, 3.05) is 5.32 Å². The van der Waals surface area contributed by atoms with E-state index in [1.165, 1.54) is 10.9 Å². The van der Waals surface area contributed by atoms with Gasteiger partial charge in [-0.3, -0.25) is 19.1 Å². The zero-order chi connectivity index (χ0) is 20.1. The molecule has 3 aromatic rings. The van der Waals surface area contributed by atoms with E-state index in [0.29, 0.717) is 22.2 Å². The molecule has 0 aliphatic carbocycles. The number of aromatic nitrogens is 2. The minimum absolute atomic E-state index is 0.0307. The quantitative estimate of drug-likeness (QED) is 0.689. The van der Waals surface area contributed by atoms with Gasteiger partial charge in [0.1, 0.15) is 6.54 Å². The number of benzene rings is 2. The molecule has 0 spiro atoms. The predicted octanol–water partition coefficient (Wildman–Crippen LogP) is 2.56. The summed E-state index contributed by atoms with van der Waals surface area (Å²) in [5.41, 5.74) is 1.53. The summed E-state index contributed by atoms with van der Waals surface area (Å²) in [7, 11) is 0. The molecule has 7 heteroatoms. The van der Waals surface area contributed by atoms with Gasteiger partial charge < -0.3 is 10.6 Å². The number of fused-ring (bicyclic) bond motifs is 1. The summed E-state index contributed by atoms with van der Waals surface area (Å²) in [6.45, 7) is 3.92. The molecule has 3 rings (SSSR count). The molecule has 0 aliphatic rings. The molecule has 1 heterocycles. The van der Waals surface area contributed by atoms with Gasteiger partial charge in [0.2, 0.25) is 11.3 Å². The van der Waals surface area contributed by atoms with Crippen molar-refractivity contribution < 1.29 is 9.59 Å². The highest BCUT2D eigenvalue weighted by atomic mass is 16.2. The molecule has 1 aromatic heterocycles. The molecule has 0 aliphatic heterocycles. The van der Waals surface area contributed by atoms with Crippen LogP contribution in [0, 0.1) is 0 Å². The van der Waals surface area contributed by atoms with Crippen molar-refractivity contribution in [1.82, 2.24) is 15.1 Å². The maximum absolute atomic E-state index is 12.4. The Labute approximate surface area is 162 Å². The average molecular weight is 378 g/mol. The van der Waals surface area contributed by atoms with Crippen LogP contribution in [-0.2, 0) is 11.3 Å². The Morgan fingerprint density at radius 2 is 1.82 bits per heavy atom. The second kappa shape index (κ2) is 8.47. The van der Waals surface area contributed by atoms with Crippen LogP contribution >= 0.6 is 0 Å². The molecule has 144 valence electrons. The first-order chi connectivity index (χ1) is 13.5. The Morgan fingerprint density at radius 3 is 2.54 bits per heavy atom. The fourth-order valence-electron chi connectivity index (χ4n) is 2.74. The molecule has 2 amide bonds. The Kier molecular flexibility index (Phi) is 5.84. The van der Waals surface area contributed by atoms with E-state index in [4.69, 9.17) is 0 Å². The van der Waals surface area contributed by atoms with Crippen molar-refractivity contribution in [2.24, 2.45) is 0 Å². The lowest BCUT2D eigenvalue weighted by molar-refractivity contribution is -0.116. The molecular formula is C21H22N4O3. The van der Waals surface area contributed by atoms with Gasteiger partial charge in [-0.05, 0) is 49.7 Å². The monoisotopic (exact) mass is 378 g/mol. The number of carbonyl (C=O) groups excluding carboxylic acids is 2. The smallest absolute Gasteiger partial charge is 0.251 e. The van der Waals surface area contributed by atoms with Crippen molar-refractivity contribution in [2.45, 2.75) is 32.9 Å². The van der Waals surface area contributed by atoms with Gasteiger partial charge >= 0.3 is 0 Å². The molecule has 0 saturated heterocycles. The van der Waals surface area contributed by atoms with Crippen LogP contribution in [0.4, 0.5) is 5.69 Å². The van der Waals surface area contributed by atoms with Crippen molar-refractivity contribution in [3.63, 3.8) is 0 Å². The summed E-state index contributed by atoms with van der Waals surface area (Å²) >= 11 is 0. The maximum atomic E-state index is 12.4. The first kappa shape index (κ1) is 19.3. The largest absolute Gasteiger partial charge is 0.350 e. The summed E-state index contributed by atoms with van der Waals surface area (Å²) in [5.74, 6) is -0.422. The minimum atomic E-state index is -0.280. The van der Waals surface area contributed by atoms with Crippen LogP contribution in [-0.4, -0.2) is 27.6 Å². The third-order valence-electron chi connectivity index (χ3n) is 4.48. The molecule has 2 N–H and O–H groups in total. The highest BCUT2D eigenvalue weighted by Crippen LogP contribution is 2.11. The van der Waals surface area contributed by atoms with Crippen molar-refractivity contribution in [1.29, 1.82) is 0 Å². The lowest BCUT2D eigenvalue weighted by Crippen LogP contribution is -2.31. The zero-order valence-electron chi connectivity index (χ0n) is 15.8. The van der Waals surface area contributed by atoms with E-state index in [2.05, 4.69) is 15.7 Å². The first-order valence-electron chi connectivity index (χ1n) is 9.13. The van der Waals surface area contributed by atoms with Crippen LogP contribution < -0.4 is 16.1 Å². The Balaban J connectivity index is 1.68. The maximum Gasteiger partial charge on any atom is 0.251 e. The number of para-hydroxylation sites is 1. The Morgan fingerprint density at radius 1 is 1.11 bits per heavy atom. The summed E-state index contributed by atoms with van der Waals surface area (Å²) < 4.78 is 1.49. The molecule has 7 nitrogen and oxygen atoms in total. The lowest BCUT2D eigenvalue weighted by atomic mass is 10.1. The topological polar surface area (TPSA) is 93.1 Å². The van der Waals surface area contributed by atoms with Gasteiger partial charge in [0.25, 0.3) is 5.91 Å². The van der Waals surface area contributed by atoms with Crippen molar-refractivity contribution in [3.8, 4) is 0 Å². The van der Waals surface area contributed by atoms with Gasteiger partial charge in [-0.1, -0.05) is 19.1 Å². The van der Waals surface area contributed by atoms with Crippen LogP contribution in [0.25, 0.3) is 10.9 Å². The Bertz CT molecular complexity index is 1060. The van der Waals surface area contributed by atoms with Gasteiger partial charge in [0.15, 0.2) is 0 Å². The molecule has 2 aromatic carbocycles. The van der Waals surface area contributed by atoms with E-state index in [9.17, 15) is 14.4 Å². The number of hydrogen-bond acceptors (Lipinski definition) is 4. The minimum Gasteiger partial charge on any atom is -0.350 e. The first-order valence-corrected chi connectivity index (χ1v) is 9.13. The third kappa shape index (κ3) is 4.43. The van der Waals surface area contributed by atoms with E-state index in [1.807, 2.05) is 13.8 Å². The number of hydrogen-bond donors (Lipinski definition) is 2. The number of amides is 2. The van der Waals surface area contributed by atoms with Gasteiger partial charge in [-0.2, -0.15) is 5.10 Å². The number of carbonyl (C=O) groups is 2. The molecule has 0 radical (unpaired) electrons. The SMILES string of the molecule is CCC(C)NC(=O)c1ccc(NC(=O)Cn2ncc(=O)c3ccccc32)cc1. The second-order valence-corrected chi connectivity index (χ2v) is 6.59. The molecular weight excluding hydrogens is 356 g/mol. The van der Waals surface area contributed by atoms with E-state index >= 15 is 0 Å². The molecule has 28 heavy (non-hydrogen) atoms. The van der Waals surface area contributed by atoms with E-state index in [-0.39, 0.29) is 29.8 Å². The number of nitrogens with zero attached hydrogens (tertiary/aromatic N) is 2. The number of nitrogens with one attached hydrogen (secondary N) is 2. The van der Waals surface area contributed by atoms with Crippen LogP contribution in [0.15, 0.2) is 59.5 Å². The van der Waals surface area contributed by atoms with Crippen LogP contribution in [0.2, 0.25) is 0 Å². The fraction of sp³-hybridized carbons (Fsp3) is 0.238. The summed E-state index contributed by atoms with van der Waals surface area (Å²) in [6, 6.07) is 13.8. The Hall–Kier alpha value is -3.48. The summed E-state index contributed by atoms with van der Waals surface area (Å²) in [5, 5.41) is 10.2. The molecule has 0 saturated carbocycles. The highest BCUT2D eigenvalue weighted by molar-refractivity contribution is 5.96. The van der Waals surface area contributed by atoms with Crippen molar-refractivity contribution >= 4 is 28.4 Å². The lowest BCUT2D eigenvalue weighted by Gasteiger charge is -2.12. The van der Waals surface area contributed by atoms with E-state index in [0.717, 1.165) is 6.42 Å². The standard InChI is InChI=1S/C21H22N4O3/c1-3-14(2)23-21(28)15-8-10-16(11-9-15)24-20(27)13-25-18-7-5-4-6-17(18)19(26)12-22-25/h4-12,14H,3,13H2,1-2H3,(H,23,28)(H,24,27). The van der Waals surface area contributed by atoms with E-state index in [1.54, 1.807) is 48.5 Å². The summed E-state index contributed by atoms with van der Waals surface area (Å²) in [4.78, 5) is 36.4. The third-order valence-corrected chi connectivity index (χ3v) is 4.48. The molecule has 1 atom stereocenters. The summed E-state index contributed by atoms with van der Waals surface area (Å²) in [6.07, 6.45) is 2.06.